The zero-order valence-corrected chi connectivity index (χ0v) is 13.3. The first kappa shape index (κ1) is 13.6. The van der Waals surface area contributed by atoms with E-state index in [1.54, 1.807) is 0 Å². The van der Waals surface area contributed by atoms with Gasteiger partial charge in [-0.25, -0.2) is 0 Å². The highest BCUT2D eigenvalue weighted by Gasteiger charge is 2.37. The van der Waals surface area contributed by atoms with E-state index in [1.807, 2.05) is 0 Å². The second-order valence-corrected chi connectivity index (χ2v) is 6.48. The highest BCUT2D eigenvalue weighted by molar-refractivity contribution is 6.04. The van der Waals surface area contributed by atoms with E-state index in [-0.39, 0.29) is 5.92 Å². The van der Waals surface area contributed by atoms with Crippen LogP contribution in [0.25, 0.3) is 0 Å². The van der Waals surface area contributed by atoms with Gasteiger partial charge in [-0.3, -0.25) is 4.99 Å². The monoisotopic (exact) mass is 310 g/mol. The second-order valence-electron chi connectivity index (χ2n) is 6.48. The van der Waals surface area contributed by atoms with Gasteiger partial charge in [-0.2, -0.15) is 0 Å². The third-order valence-corrected chi connectivity index (χ3v) is 4.99. The largest absolute Gasteiger partial charge is 0.357 e. The molecular formula is C22H18N2. The lowest BCUT2D eigenvalue weighted by Crippen LogP contribution is -2.39. The Kier molecular flexibility index (Phi) is 3.02. The van der Waals surface area contributed by atoms with Crippen molar-refractivity contribution in [2.75, 3.05) is 0 Å². The summed E-state index contributed by atoms with van der Waals surface area (Å²) in [6, 6.07) is 11.0. The van der Waals surface area contributed by atoms with E-state index in [9.17, 15) is 0 Å². The highest BCUT2D eigenvalue weighted by Crippen LogP contribution is 2.41. The molecule has 24 heavy (non-hydrogen) atoms. The van der Waals surface area contributed by atoms with Gasteiger partial charge in [0, 0.05) is 6.54 Å². The van der Waals surface area contributed by atoms with E-state index in [2.05, 4.69) is 89.9 Å². The van der Waals surface area contributed by atoms with Gasteiger partial charge in [0.2, 0.25) is 0 Å². The fraction of sp³-hybridized carbons (Fsp3) is 0.136. The first-order chi connectivity index (χ1) is 11.9. The minimum Gasteiger partial charge on any atom is -0.357 e. The summed E-state index contributed by atoms with van der Waals surface area (Å²) in [5.74, 6) is 0.283. The van der Waals surface area contributed by atoms with Crippen LogP contribution in [0.4, 0.5) is 0 Å². The van der Waals surface area contributed by atoms with Crippen LogP contribution in [-0.4, -0.2) is 16.7 Å². The third kappa shape index (κ3) is 2.07. The number of nitrogens with zero attached hydrogens (tertiary/aromatic N) is 2. The molecule has 2 nitrogen and oxygen atoms in total. The summed E-state index contributed by atoms with van der Waals surface area (Å²) in [6.07, 6.45) is 19.6. The lowest BCUT2D eigenvalue weighted by molar-refractivity contribution is 0.293. The van der Waals surface area contributed by atoms with Crippen LogP contribution in [0.5, 0.6) is 0 Å². The Morgan fingerprint density at radius 2 is 1.75 bits per heavy atom. The molecule has 2 unspecified atom stereocenters. The van der Waals surface area contributed by atoms with Crippen molar-refractivity contribution in [3.8, 4) is 0 Å². The quantitative estimate of drug-likeness (QED) is 0.794. The minimum absolute atomic E-state index is 0.283. The molecule has 2 aliphatic heterocycles. The van der Waals surface area contributed by atoms with Crippen molar-refractivity contribution in [2.24, 2.45) is 10.9 Å². The first-order valence-corrected chi connectivity index (χ1v) is 8.45. The van der Waals surface area contributed by atoms with E-state index in [1.165, 1.54) is 16.8 Å². The Balaban J connectivity index is 1.60. The summed E-state index contributed by atoms with van der Waals surface area (Å²) in [5.41, 5.74) is 6.26. The Hall–Kier alpha value is -2.87. The van der Waals surface area contributed by atoms with Crippen molar-refractivity contribution < 1.29 is 0 Å². The maximum atomic E-state index is 4.90. The van der Waals surface area contributed by atoms with Crippen molar-refractivity contribution >= 4 is 5.71 Å². The number of allylic oxidation sites excluding steroid dienone is 7. The Bertz CT molecular complexity index is 891. The molecular weight excluding hydrogens is 292 g/mol. The van der Waals surface area contributed by atoms with Crippen molar-refractivity contribution in [1.82, 2.24) is 4.90 Å². The molecule has 1 aromatic rings. The molecule has 5 rings (SSSR count). The average molecular weight is 310 g/mol. The Labute approximate surface area is 142 Å². The lowest BCUT2D eigenvalue weighted by atomic mass is 9.88. The van der Waals surface area contributed by atoms with Crippen LogP contribution in [0, 0.1) is 5.92 Å². The SMILES string of the molecule is C1=CC2=CC3=C(C4C=CC=CC4=N3)N(Cc3ccccc3)C2C=C1. The molecule has 0 saturated carbocycles. The molecule has 0 amide bonds. The molecule has 2 aliphatic carbocycles. The van der Waals surface area contributed by atoms with E-state index >= 15 is 0 Å². The van der Waals surface area contributed by atoms with Gasteiger partial charge in [-0.05, 0) is 23.3 Å². The minimum atomic E-state index is 0.283. The van der Waals surface area contributed by atoms with Crippen LogP contribution in [-0.2, 0) is 6.54 Å². The number of benzene rings is 1. The van der Waals surface area contributed by atoms with Crippen LogP contribution in [0.15, 0.2) is 107 Å². The van der Waals surface area contributed by atoms with Crippen molar-refractivity contribution in [2.45, 2.75) is 12.6 Å². The number of hydrogen-bond acceptors (Lipinski definition) is 2. The molecule has 116 valence electrons. The van der Waals surface area contributed by atoms with Crippen molar-refractivity contribution in [3.05, 3.63) is 108 Å². The number of aliphatic imine (C=N–C) groups is 1. The molecule has 0 fully saturated rings. The van der Waals surface area contributed by atoms with Gasteiger partial charge >= 0.3 is 0 Å². The van der Waals surface area contributed by atoms with Crippen LogP contribution in [0.3, 0.4) is 0 Å². The Morgan fingerprint density at radius 3 is 2.67 bits per heavy atom. The maximum Gasteiger partial charge on any atom is 0.0838 e. The fourth-order valence-corrected chi connectivity index (χ4v) is 3.89. The van der Waals surface area contributed by atoms with E-state index < -0.39 is 0 Å². The molecule has 1 aromatic carbocycles. The Morgan fingerprint density at radius 1 is 0.917 bits per heavy atom. The predicted octanol–water partition coefficient (Wildman–Crippen LogP) is 4.33. The van der Waals surface area contributed by atoms with Gasteiger partial charge in [0.25, 0.3) is 0 Å². The molecule has 4 aliphatic rings. The fourth-order valence-electron chi connectivity index (χ4n) is 3.89. The van der Waals surface area contributed by atoms with Gasteiger partial charge < -0.3 is 4.90 Å². The summed E-state index contributed by atoms with van der Waals surface area (Å²) in [5, 5.41) is 0. The van der Waals surface area contributed by atoms with E-state index in [0.29, 0.717) is 6.04 Å². The molecule has 0 bridgehead atoms. The molecule has 0 saturated heterocycles. The van der Waals surface area contributed by atoms with Crippen molar-refractivity contribution in [1.29, 1.82) is 0 Å². The molecule has 0 radical (unpaired) electrons. The molecule has 2 heteroatoms. The molecule has 2 heterocycles. The topological polar surface area (TPSA) is 15.6 Å². The first-order valence-electron chi connectivity index (χ1n) is 8.45. The van der Waals surface area contributed by atoms with Crippen LogP contribution in [0.1, 0.15) is 5.56 Å². The molecule has 2 atom stereocenters. The van der Waals surface area contributed by atoms with Crippen LogP contribution >= 0.6 is 0 Å². The van der Waals surface area contributed by atoms with Gasteiger partial charge in [0.1, 0.15) is 0 Å². The molecule has 0 N–H and O–H groups in total. The highest BCUT2D eigenvalue weighted by atomic mass is 15.2. The number of hydrogen-bond donors (Lipinski definition) is 0. The number of fused-ring (bicyclic) bond motifs is 3. The van der Waals surface area contributed by atoms with Gasteiger partial charge in [-0.1, -0.05) is 72.9 Å². The second kappa shape index (κ2) is 5.34. The molecule has 0 aromatic heterocycles. The van der Waals surface area contributed by atoms with Gasteiger partial charge in [0.15, 0.2) is 0 Å². The zero-order valence-electron chi connectivity index (χ0n) is 13.3. The van der Waals surface area contributed by atoms with E-state index in [0.717, 1.165) is 18.0 Å². The summed E-state index contributed by atoms with van der Waals surface area (Å²) < 4.78 is 0. The van der Waals surface area contributed by atoms with Crippen LogP contribution < -0.4 is 0 Å². The smallest absolute Gasteiger partial charge is 0.0838 e. The van der Waals surface area contributed by atoms with Gasteiger partial charge in [-0.15, -0.1) is 0 Å². The lowest BCUT2D eigenvalue weighted by Gasteiger charge is -2.39. The normalized spacial score (nSPS) is 26.1. The standard InChI is InChI=1S/C22H18N2/c1-2-8-16(9-3-1)15-24-21-13-7-4-10-17(21)14-20-22(24)18-11-5-6-12-19(18)23-20/h1-14,18,21H,15H2. The summed E-state index contributed by atoms with van der Waals surface area (Å²) in [7, 11) is 0. The van der Waals surface area contributed by atoms with E-state index in [4.69, 9.17) is 4.99 Å². The predicted molar refractivity (Wildman–Crippen MR) is 98.4 cm³/mol. The average Bonchev–Trinajstić information content (AvgIpc) is 3.00. The molecule has 0 spiro atoms. The maximum absolute atomic E-state index is 4.90. The third-order valence-electron chi connectivity index (χ3n) is 4.99. The summed E-state index contributed by atoms with van der Waals surface area (Å²) in [6.45, 7) is 0.900. The summed E-state index contributed by atoms with van der Waals surface area (Å²) in [4.78, 5) is 7.42. The van der Waals surface area contributed by atoms with Crippen molar-refractivity contribution in [3.63, 3.8) is 0 Å². The zero-order chi connectivity index (χ0) is 15.9. The van der Waals surface area contributed by atoms with Gasteiger partial charge in [0.05, 0.1) is 29.1 Å². The van der Waals surface area contributed by atoms with Crippen LogP contribution in [0.2, 0.25) is 0 Å². The summed E-state index contributed by atoms with van der Waals surface area (Å²) >= 11 is 0. The number of rotatable bonds is 2.